The molecule has 0 fully saturated rings. The number of carboxylic acids is 1. The quantitative estimate of drug-likeness (QED) is 0.705. The van der Waals surface area contributed by atoms with E-state index in [1.54, 1.807) is 0 Å². The molecule has 0 saturated carbocycles. The van der Waals surface area contributed by atoms with Crippen molar-refractivity contribution in [2.75, 3.05) is 7.11 Å². The van der Waals surface area contributed by atoms with Crippen molar-refractivity contribution in [2.24, 2.45) is 7.05 Å². The minimum Gasteiger partial charge on any atom is -0.496 e. The molecule has 0 spiro atoms. The Balaban J connectivity index is 3.42. The van der Waals surface area contributed by atoms with Crippen LogP contribution in [0.1, 0.15) is 10.4 Å². The third kappa shape index (κ3) is 1.69. The molecule has 5 heteroatoms. The number of hydrogen-bond acceptors (Lipinski definition) is 3. The SMILES string of the molecule is COc1cc(=O)n(C)cc1C(=O)O. The Kier molecular flexibility index (Phi) is 2.36. The fourth-order valence-electron chi connectivity index (χ4n) is 0.942. The van der Waals surface area contributed by atoms with Gasteiger partial charge in [0.1, 0.15) is 11.3 Å². The van der Waals surface area contributed by atoms with Crippen molar-refractivity contribution < 1.29 is 14.6 Å². The van der Waals surface area contributed by atoms with E-state index in [2.05, 4.69) is 0 Å². The van der Waals surface area contributed by atoms with Gasteiger partial charge >= 0.3 is 5.97 Å². The Hall–Kier alpha value is -1.78. The fourth-order valence-corrected chi connectivity index (χ4v) is 0.942. The molecule has 0 aliphatic heterocycles. The van der Waals surface area contributed by atoms with Crippen LogP contribution in [0.4, 0.5) is 0 Å². The lowest BCUT2D eigenvalue weighted by molar-refractivity contribution is 0.0692. The largest absolute Gasteiger partial charge is 0.496 e. The zero-order chi connectivity index (χ0) is 10.0. The minimum absolute atomic E-state index is 0.0235. The first kappa shape index (κ1) is 9.31. The molecule has 0 radical (unpaired) electrons. The summed E-state index contributed by atoms with van der Waals surface area (Å²) in [7, 11) is 2.80. The Morgan fingerprint density at radius 3 is 2.69 bits per heavy atom. The standard InChI is InChI=1S/C8H9NO4/c1-9-4-5(8(11)12)6(13-2)3-7(9)10/h3-4H,1-2H3,(H,11,12). The summed E-state index contributed by atoms with van der Waals surface area (Å²) in [6, 6.07) is 1.14. The van der Waals surface area contributed by atoms with Crippen molar-refractivity contribution in [2.45, 2.75) is 0 Å². The normalized spacial score (nSPS) is 9.69. The number of hydrogen-bond donors (Lipinski definition) is 1. The van der Waals surface area contributed by atoms with Crippen molar-refractivity contribution in [3.63, 3.8) is 0 Å². The predicted octanol–water partition coefficient (Wildman–Crippen LogP) is 0.0921. The zero-order valence-corrected chi connectivity index (χ0v) is 7.27. The fraction of sp³-hybridized carbons (Fsp3) is 0.250. The van der Waals surface area contributed by atoms with Gasteiger partial charge in [-0.1, -0.05) is 0 Å². The number of pyridine rings is 1. The first-order valence-corrected chi connectivity index (χ1v) is 3.54. The van der Waals surface area contributed by atoms with Crippen LogP contribution in [-0.2, 0) is 7.05 Å². The molecule has 0 amide bonds. The second-order valence-electron chi connectivity index (χ2n) is 2.51. The summed E-state index contributed by atoms with van der Waals surface area (Å²) in [5.74, 6) is -1.04. The molecule has 5 nitrogen and oxygen atoms in total. The molecular weight excluding hydrogens is 174 g/mol. The topological polar surface area (TPSA) is 68.5 Å². The Bertz CT molecular complexity index is 394. The second-order valence-corrected chi connectivity index (χ2v) is 2.51. The van der Waals surface area contributed by atoms with Crippen LogP contribution in [-0.4, -0.2) is 22.8 Å². The minimum atomic E-state index is -1.12. The summed E-state index contributed by atoms with van der Waals surface area (Å²) in [6.07, 6.45) is 1.23. The van der Waals surface area contributed by atoms with E-state index in [9.17, 15) is 9.59 Å². The smallest absolute Gasteiger partial charge is 0.340 e. The molecule has 1 rings (SSSR count). The van der Waals surface area contributed by atoms with Gasteiger partial charge in [-0.25, -0.2) is 4.79 Å². The van der Waals surface area contributed by atoms with Crippen molar-refractivity contribution in [1.29, 1.82) is 0 Å². The van der Waals surface area contributed by atoms with Gasteiger partial charge in [0.2, 0.25) is 0 Å². The first-order valence-electron chi connectivity index (χ1n) is 3.54. The van der Waals surface area contributed by atoms with E-state index in [1.165, 1.54) is 24.9 Å². The number of aromatic nitrogens is 1. The molecule has 0 aromatic carbocycles. The highest BCUT2D eigenvalue weighted by molar-refractivity contribution is 5.90. The van der Waals surface area contributed by atoms with Gasteiger partial charge in [0, 0.05) is 19.3 Å². The summed E-state index contributed by atoms with van der Waals surface area (Å²) in [5, 5.41) is 8.72. The van der Waals surface area contributed by atoms with Gasteiger partial charge < -0.3 is 14.4 Å². The number of rotatable bonds is 2. The molecule has 0 atom stereocenters. The van der Waals surface area contributed by atoms with Gasteiger partial charge in [0.15, 0.2) is 0 Å². The number of ether oxygens (including phenoxy) is 1. The third-order valence-corrected chi connectivity index (χ3v) is 1.64. The number of carboxylic acid groups (broad SMARTS) is 1. The maximum absolute atomic E-state index is 11.1. The van der Waals surface area contributed by atoms with Gasteiger partial charge in [-0.05, 0) is 0 Å². The van der Waals surface area contributed by atoms with Crippen molar-refractivity contribution >= 4 is 5.97 Å². The molecule has 0 saturated heterocycles. The summed E-state index contributed by atoms with van der Waals surface area (Å²) in [5.41, 5.74) is -0.327. The van der Waals surface area contributed by atoms with E-state index >= 15 is 0 Å². The lowest BCUT2D eigenvalue weighted by Crippen LogP contribution is -2.18. The summed E-state index contributed by atoms with van der Waals surface area (Å²) < 4.78 is 5.93. The van der Waals surface area contributed by atoms with Gasteiger partial charge in [0.25, 0.3) is 5.56 Å². The highest BCUT2D eigenvalue weighted by atomic mass is 16.5. The molecular formula is C8H9NO4. The molecule has 0 aliphatic carbocycles. The average Bonchev–Trinajstić information content (AvgIpc) is 2.08. The van der Waals surface area contributed by atoms with Crippen LogP contribution < -0.4 is 10.3 Å². The van der Waals surface area contributed by atoms with Crippen molar-refractivity contribution in [3.8, 4) is 5.75 Å². The Morgan fingerprint density at radius 2 is 2.23 bits per heavy atom. The van der Waals surface area contributed by atoms with E-state index in [-0.39, 0.29) is 16.9 Å². The summed E-state index contributed by atoms with van der Waals surface area (Å²) >= 11 is 0. The van der Waals surface area contributed by atoms with Gasteiger partial charge in [-0.3, -0.25) is 4.79 Å². The number of carbonyl (C=O) groups is 1. The zero-order valence-electron chi connectivity index (χ0n) is 7.27. The molecule has 0 unspecified atom stereocenters. The Morgan fingerprint density at radius 1 is 1.62 bits per heavy atom. The number of aromatic carboxylic acids is 1. The molecule has 1 N–H and O–H groups in total. The summed E-state index contributed by atoms with van der Waals surface area (Å²) in [4.78, 5) is 21.7. The molecule has 0 bridgehead atoms. The average molecular weight is 183 g/mol. The molecule has 13 heavy (non-hydrogen) atoms. The highest BCUT2D eigenvalue weighted by Crippen LogP contribution is 2.13. The van der Waals surface area contributed by atoms with Gasteiger partial charge in [0.05, 0.1) is 7.11 Å². The maximum Gasteiger partial charge on any atom is 0.340 e. The van der Waals surface area contributed by atoms with E-state index in [4.69, 9.17) is 9.84 Å². The molecule has 0 aliphatic rings. The van der Waals surface area contributed by atoms with Crippen LogP contribution in [0.2, 0.25) is 0 Å². The third-order valence-electron chi connectivity index (χ3n) is 1.64. The molecule has 1 aromatic heterocycles. The lowest BCUT2D eigenvalue weighted by Gasteiger charge is -2.05. The summed E-state index contributed by atoms with van der Waals surface area (Å²) in [6.45, 7) is 0. The van der Waals surface area contributed by atoms with Crippen LogP contribution in [0.3, 0.4) is 0 Å². The van der Waals surface area contributed by atoms with Gasteiger partial charge in [-0.2, -0.15) is 0 Å². The van der Waals surface area contributed by atoms with E-state index < -0.39 is 5.97 Å². The predicted molar refractivity (Wildman–Crippen MR) is 45.2 cm³/mol. The van der Waals surface area contributed by atoms with Crippen LogP contribution >= 0.6 is 0 Å². The van der Waals surface area contributed by atoms with Crippen molar-refractivity contribution in [1.82, 2.24) is 4.57 Å². The molecule has 70 valence electrons. The Labute approximate surface area is 74.2 Å². The van der Waals surface area contributed by atoms with Crippen LogP contribution in [0.15, 0.2) is 17.1 Å². The maximum atomic E-state index is 11.1. The second kappa shape index (κ2) is 3.30. The lowest BCUT2D eigenvalue weighted by atomic mass is 10.2. The first-order chi connectivity index (χ1) is 6.06. The number of methoxy groups -OCH3 is 1. The van der Waals surface area contributed by atoms with Crippen LogP contribution in [0.5, 0.6) is 5.75 Å². The highest BCUT2D eigenvalue weighted by Gasteiger charge is 2.11. The van der Waals surface area contributed by atoms with Crippen LogP contribution in [0, 0.1) is 0 Å². The monoisotopic (exact) mass is 183 g/mol. The van der Waals surface area contributed by atoms with Crippen LogP contribution in [0.25, 0.3) is 0 Å². The van der Waals surface area contributed by atoms with Gasteiger partial charge in [-0.15, -0.1) is 0 Å². The number of aryl methyl sites for hydroxylation is 1. The van der Waals surface area contributed by atoms with E-state index in [0.717, 1.165) is 6.07 Å². The number of nitrogens with zero attached hydrogens (tertiary/aromatic N) is 1. The van der Waals surface area contributed by atoms with E-state index in [1.807, 2.05) is 0 Å². The molecule has 1 heterocycles. The molecule has 1 aromatic rings. The van der Waals surface area contributed by atoms with E-state index in [0.29, 0.717) is 0 Å². The van der Waals surface area contributed by atoms with Crippen molar-refractivity contribution in [3.05, 3.63) is 28.2 Å².